The van der Waals surface area contributed by atoms with Crippen molar-refractivity contribution in [2.75, 3.05) is 12.9 Å². The lowest BCUT2D eigenvalue weighted by molar-refractivity contribution is 0.102. The van der Waals surface area contributed by atoms with E-state index in [4.69, 9.17) is 4.74 Å². The van der Waals surface area contributed by atoms with E-state index in [-0.39, 0.29) is 11.5 Å². The molecule has 1 heterocycles. The molecule has 3 aromatic rings. The largest absolute Gasteiger partial charge is 0.497 e. The molecule has 0 bridgehead atoms. The Hall–Kier alpha value is -2.86. The Labute approximate surface area is 163 Å². The summed E-state index contributed by atoms with van der Waals surface area (Å²) in [5, 5.41) is 9.36. The fraction of sp³-hybridized carbons (Fsp3) is 0.190. The van der Waals surface area contributed by atoms with Gasteiger partial charge < -0.3 is 4.74 Å². The van der Waals surface area contributed by atoms with Crippen LogP contribution in [-0.2, 0) is 6.54 Å². The van der Waals surface area contributed by atoms with Gasteiger partial charge in [-0.2, -0.15) is 0 Å². The molecule has 0 aliphatic carbocycles. The highest BCUT2D eigenvalue weighted by Gasteiger charge is 2.16. The topological polar surface area (TPSA) is 57.0 Å². The van der Waals surface area contributed by atoms with Gasteiger partial charge in [0.05, 0.1) is 12.9 Å². The number of allylic oxidation sites excluding steroid dienone is 1. The minimum atomic E-state index is 0.0354. The second kappa shape index (κ2) is 8.68. The second-order valence-electron chi connectivity index (χ2n) is 5.96. The van der Waals surface area contributed by atoms with E-state index in [9.17, 15) is 4.79 Å². The van der Waals surface area contributed by atoms with Gasteiger partial charge in [0.25, 0.3) is 0 Å². The van der Waals surface area contributed by atoms with Crippen LogP contribution in [0.25, 0.3) is 11.4 Å². The standard InChI is InChI=1S/C21H21N3O2S/c1-4-13-24-20(18-8-6-5-7-15(18)2)22-23-21(24)27-14-19(25)16-9-11-17(26-3)12-10-16/h4-12H,1,13-14H2,2-3H3. The molecule has 0 fully saturated rings. The summed E-state index contributed by atoms with van der Waals surface area (Å²) in [6.07, 6.45) is 1.81. The van der Waals surface area contributed by atoms with Crippen LogP contribution in [0.5, 0.6) is 5.75 Å². The summed E-state index contributed by atoms with van der Waals surface area (Å²) in [5.41, 5.74) is 2.80. The van der Waals surface area contributed by atoms with Gasteiger partial charge >= 0.3 is 0 Å². The van der Waals surface area contributed by atoms with Crippen molar-refractivity contribution in [3.63, 3.8) is 0 Å². The number of nitrogens with zero attached hydrogens (tertiary/aromatic N) is 3. The number of ether oxygens (including phenoxy) is 1. The average molecular weight is 379 g/mol. The second-order valence-corrected chi connectivity index (χ2v) is 6.90. The number of aromatic nitrogens is 3. The Morgan fingerprint density at radius 1 is 1.19 bits per heavy atom. The van der Waals surface area contributed by atoms with Gasteiger partial charge in [0.1, 0.15) is 5.75 Å². The molecular weight excluding hydrogens is 358 g/mol. The van der Waals surface area contributed by atoms with E-state index in [0.717, 1.165) is 22.7 Å². The Balaban J connectivity index is 1.79. The summed E-state index contributed by atoms with van der Waals surface area (Å²) in [6, 6.07) is 15.2. The quantitative estimate of drug-likeness (QED) is 0.329. The van der Waals surface area contributed by atoms with E-state index in [1.165, 1.54) is 11.8 Å². The predicted octanol–water partition coefficient (Wildman–Crippen LogP) is 4.42. The fourth-order valence-corrected chi connectivity index (χ4v) is 3.54. The van der Waals surface area contributed by atoms with Gasteiger partial charge in [0.2, 0.25) is 0 Å². The molecule has 2 aromatic carbocycles. The van der Waals surface area contributed by atoms with Gasteiger partial charge in [-0.1, -0.05) is 42.1 Å². The van der Waals surface area contributed by atoms with Crippen LogP contribution in [0.2, 0.25) is 0 Å². The van der Waals surface area contributed by atoms with Crippen LogP contribution in [0.3, 0.4) is 0 Å². The van der Waals surface area contributed by atoms with Gasteiger partial charge in [-0.05, 0) is 36.8 Å². The van der Waals surface area contributed by atoms with Gasteiger partial charge in [-0.15, -0.1) is 16.8 Å². The SMILES string of the molecule is C=CCn1c(SCC(=O)c2ccc(OC)cc2)nnc1-c1ccccc1C. The van der Waals surface area contributed by atoms with Gasteiger partial charge in [0.15, 0.2) is 16.8 Å². The minimum Gasteiger partial charge on any atom is -0.497 e. The van der Waals surface area contributed by atoms with Crippen LogP contribution >= 0.6 is 11.8 Å². The maximum absolute atomic E-state index is 12.5. The van der Waals surface area contributed by atoms with E-state index in [0.29, 0.717) is 17.3 Å². The summed E-state index contributed by atoms with van der Waals surface area (Å²) in [5.74, 6) is 1.84. The molecule has 0 saturated heterocycles. The lowest BCUT2D eigenvalue weighted by atomic mass is 10.1. The maximum atomic E-state index is 12.5. The molecule has 3 rings (SSSR count). The molecule has 0 radical (unpaired) electrons. The predicted molar refractivity (Wildman–Crippen MR) is 108 cm³/mol. The highest BCUT2D eigenvalue weighted by molar-refractivity contribution is 7.99. The number of hydrogen-bond acceptors (Lipinski definition) is 5. The number of rotatable bonds is 8. The summed E-state index contributed by atoms with van der Waals surface area (Å²) in [7, 11) is 1.60. The molecule has 0 aliphatic heterocycles. The first-order chi connectivity index (χ1) is 13.1. The molecule has 0 atom stereocenters. The molecule has 0 saturated carbocycles. The van der Waals surface area contributed by atoms with Crippen LogP contribution in [0.15, 0.2) is 66.3 Å². The van der Waals surface area contributed by atoms with E-state index in [1.807, 2.05) is 35.8 Å². The first kappa shape index (κ1) is 18.9. The van der Waals surface area contributed by atoms with E-state index in [2.05, 4.69) is 16.8 Å². The lowest BCUT2D eigenvalue weighted by Gasteiger charge is -2.09. The zero-order chi connectivity index (χ0) is 19.2. The van der Waals surface area contributed by atoms with E-state index >= 15 is 0 Å². The van der Waals surface area contributed by atoms with Crippen LogP contribution in [0.4, 0.5) is 0 Å². The van der Waals surface area contributed by atoms with E-state index < -0.39 is 0 Å². The Kier molecular flexibility index (Phi) is 6.08. The zero-order valence-corrected chi connectivity index (χ0v) is 16.2. The van der Waals surface area contributed by atoms with Crippen LogP contribution < -0.4 is 4.74 Å². The highest BCUT2D eigenvalue weighted by Crippen LogP contribution is 2.27. The Morgan fingerprint density at radius 2 is 1.93 bits per heavy atom. The first-order valence-electron chi connectivity index (χ1n) is 8.54. The van der Waals surface area contributed by atoms with E-state index in [1.54, 1.807) is 37.5 Å². The molecule has 138 valence electrons. The van der Waals surface area contributed by atoms with Crippen LogP contribution in [0.1, 0.15) is 15.9 Å². The van der Waals surface area contributed by atoms with Crippen molar-refractivity contribution in [2.45, 2.75) is 18.6 Å². The van der Waals surface area contributed by atoms with Crippen LogP contribution in [0, 0.1) is 6.92 Å². The number of aryl methyl sites for hydroxylation is 1. The third kappa shape index (κ3) is 4.28. The summed E-state index contributed by atoms with van der Waals surface area (Å²) >= 11 is 1.38. The molecule has 0 spiro atoms. The third-order valence-electron chi connectivity index (χ3n) is 4.16. The molecule has 0 N–H and O–H groups in total. The molecule has 27 heavy (non-hydrogen) atoms. The van der Waals surface area contributed by atoms with Crippen molar-refractivity contribution in [3.8, 4) is 17.1 Å². The number of hydrogen-bond donors (Lipinski definition) is 0. The number of benzene rings is 2. The first-order valence-corrected chi connectivity index (χ1v) is 9.52. The van der Waals surface area contributed by atoms with Gasteiger partial charge in [-0.25, -0.2) is 0 Å². The third-order valence-corrected chi connectivity index (χ3v) is 5.13. The molecule has 0 unspecified atom stereocenters. The van der Waals surface area contributed by atoms with Crippen molar-refractivity contribution in [1.82, 2.24) is 14.8 Å². The fourth-order valence-electron chi connectivity index (χ4n) is 2.70. The monoisotopic (exact) mass is 379 g/mol. The Morgan fingerprint density at radius 3 is 2.59 bits per heavy atom. The van der Waals surface area contributed by atoms with Crippen molar-refractivity contribution in [1.29, 1.82) is 0 Å². The van der Waals surface area contributed by atoms with Crippen molar-refractivity contribution < 1.29 is 9.53 Å². The number of carbonyl (C=O) groups excluding carboxylic acids is 1. The molecule has 0 amide bonds. The smallest absolute Gasteiger partial charge is 0.192 e. The number of methoxy groups -OCH3 is 1. The Bertz CT molecular complexity index is 948. The summed E-state index contributed by atoms with van der Waals surface area (Å²) in [4.78, 5) is 12.5. The molecule has 0 aliphatic rings. The summed E-state index contributed by atoms with van der Waals surface area (Å²) < 4.78 is 7.12. The molecule has 1 aromatic heterocycles. The normalized spacial score (nSPS) is 10.6. The molecule has 6 heteroatoms. The molecular formula is C21H21N3O2S. The minimum absolute atomic E-state index is 0.0354. The molecule has 5 nitrogen and oxygen atoms in total. The average Bonchev–Trinajstić information content (AvgIpc) is 3.09. The number of carbonyl (C=O) groups is 1. The summed E-state index contributed by atoms with van der Waals surface area (Å²) in [6.45, 7) is 6.45. The van der Waals surface area contributed by atoms with Crippen molar-refractivity contribution in [3.05, 3.63) is 72.3 Å². The number of Topliss-reactive ketones (excluding diaryl/α,β-unsaturated/α-hetero) is 1. The van der Waals surface area contributed by atoms with Crippen molar-refractivity contribution in [2.24, 2.45) is 0 Å². The maximum Gasteiger partial charge on any atom is 0.192 e. The van der Waals surface area contributed by atoms with Gasteiger partial charge in [0, 0.05) is 17.7 Å². The lowest BCUT2D eigenvalue weighted by Crippen LogP contribution is -2.05. The number of thioether (sulfide) groups is 1. The van der Waals surface area contributed by atoms with Crippen LogP contribution in [-0.4, -0.2) is 33.4 Å². The zero-order valence-electron chi connectivity index (χ0n) is 15.4. The van der Waals surface area contributed by atoms with Crippen molar-refractivity contribution >= 4 is 17.5 Å². The highest BCUT2D eigenvalue weighted by atomic mass is 32.2. The number of ketones is 1. The van der Waals surface area contributed by atoms with Gasteiger partial charge in [-0.3, -0.25) is 9.36 Å².